The molecule has 53 heavy (non-hydrogen) atoms. The second kappa shape index (κ2) is 16.5. The van der Waals surface area contributed by atoms with Gasteiger partial charge < -0.3 is 24.3 Å². The fourth-order valence-electron chi connectivity index (χ4n) is 8.44. The molecule has 0 saturated carbocycles. The summed E-state index contributed by atoms with van der Waals surface area (Å²) >= 11 is 0. The third-order valence-corrected chi connectivity index (χ3v) is 16.7. The number of allylic oxidation sites excluding steroid dienone is 5. The second-order valence-corrected chi connectivity index (χ2v) is 21.6. The Morgan fingerprint density at radius 1 is 1.04 bits per heavy atom. The molecule has 2 aliphatic carbocycles. The fourth-order valence-corrected chi connectivity index (χ4v) is 9.73. The van der Waals surface area contributed by atoms with Crippen LogP contribution in [0.4, 0.5) is 5.69 Å². The van der Waals surface area contributed by atoms with Crippen LogP contribution in [-0.4, -0.2) is 55.6 Å². The lowest BCUT2D eigenvalue weighted by molar-refractivity contribution is -0.200. The van der Waals surface area contributed by atoms with Gasteiger partial charge in [-0.15, -0.1) is 0 Å². The van der Waals surface area contributed by atoms with Gasteiger partial charge in [-0.05, 0) is 100 Å². The number of rotatable bonds is 17. The van der Waals surface area contributed by atoms with Gasteiger partial charge in [-0.2, -0.15) is 0 Å². The highest BCUT2D eigenvalue weighted by Gasteiger charge is 2.68. The first kappa shape index (κ1) is 40.7. The summed E-state index contributed by atoms with van der Waals surface area (Å²) in [4.78, 5) is 55.1. The van der Waals surface area contributed by atoms with Crippen molar-refractivity contribution in [3.63, 3.8) is 0 Å². The number of ether oxygens (including phenoxy) is 2. The highest BCUT2D eigenvalue weighted by Crippen LogP contribution is 2.64. The molecule has 2 heterocycles. The first-order valence-corrected chi connectivity index (χ1v) is 22.3. The lowest BCUT2D eigenvalue weighted by Crippen LogP contribution is -2.53. The lowest BCUT2D eigenvalue weighted by Gasteiger charge is -2.47. The van der Waals surface area contributed by atoms with Gasteiger partial charge >= 0.3 is 11.9 Å². The molecule has 1 aromatic rings. The minimum atomic E-state index is -2.48. The number of Topliss-reactive ketones (excluding diaryl/α,β-unsaturated/α-hetero) is 1. The van der Waals surface area contributed by atoms with E-state index in [1.165, 1.54) is 0 Å². The lowest BCUT2D eigenvalue weighted by atomic mass is 9.61. The number of carbonyl (C=O) groups excluding carboxylic acids is 4. The van der Waals surface area contributed by atoms with Gasteiger partial charge in [0.1, 0.15) is 6.10 Å². The van der Waals surface area contributed by atoms with Crippen molar-refractivity contribution in [1.29, 1.82) is 0 Å². The number of hydrogen-bond acceptors (Lipinski definition) is 8. The Bertz CT molecular complexity index is 1670. The van der Waals surface area contributed by atoms with E-state index < -0.39 is 49.4 Å². The Balaban J connectivity index is 1.61. The van der Waals surface area contributed by atoms with E-state index in [2.05, 4.69) is 57.4 Å². The number of hydrogen-bond donors (Lipinski definition) is 2. The summed E-state index contributed by atoms with van der Waals surface area (Å²) in [5.74, 6) is -5.50. The Hall–Kier alpha value is -3.44. The minimum absolute atomic E-state index is 0.0126. The van der Waals surface area contributed by atoms with E-state index in [1.807, 2.05) is 44.2 Å². The van der Waals surface area contributed by atoms with Gasteiger partial charge in [0.15, 0.2) is 19.9 Å². The van der Waals surface area contributed by atoms with E-state index in [-0.39, 0.29) is 59.7 Å². The van der Waals surface area contributed by atoms with Crippen LogP contribution in [-0.2, 0) is 33.1 Å². The van der Waals surface area contributed by atoms with Gasteiger partial charge in [0.05, 0.1) is 18.1 Å². The van der Waals surface area contributed by atoms with Crippen molar-refractivity contribution in [2.24, 2.45) is 23.2 Å². The van der Waals surface area contributed by atoms with Crippen molar-refractivity contribution in [3.8, 4) is 0 Å². The Morgan fingerprint density at radius 2 is 1.74 bits per heavy atom. The number of para-hydroxylation sites is 1. The van der Waals surface area contributed by atoms with Crippen molar-refractivity contribution in [2.45, 2.75) is 129 Å². The van der Waals surface area contributed by atoms with Gasteiger partial charge in [-0.1, -0.05) is 82.2 Å². The van der Waals surface area contributed by atoms with Crippen LogP contribution in [0.3, 0.4) is 0 Å². The van der Waals surface area contributed by atoms with Crippen LogP contribution in [0.15, 0.2) is 77.4 Å². The molecular weight excluding hydrogens is 687 g/mol. The molecule has 0 spiro atoms. The largest absolute Gasteiger partial charge is 0.407 e. The third-order valence-electron chi connectivity index (χ3n) is 12.2. The third kappa shape index (κ3) is 8.61. The molecule has 288 valence electrons. The molecule has 2 aliphatic heterocycles. The van der Waals surface area contributed by atoms with Gasteiger partial charge in [-0.25, -0.2) is 9.59 Å². The number of esters is 2. The molecule has 1 aromatic carbocycles. The van der Waals surface area contributed by atoms with Crippen molar-refractivity contribution in [2.75, 3.05) is 11.9 Å². The number of ketones is 1. The number of carbonyl (C=O) groups is 4. The van der Waals surface area contributed by atoms with Gasteiger partial charge in [0.2, 0.25) is 5.91 Å². The van der Waals surface area contributed by atoms with Crippen molar-refractivity contribution >= 4 is 37.6 Å². The Kier molecular flexibility index (Phi) is 12.7. The summed E-state index contributed by atoms with van der Waals surface area (Å²) < 4.78 is 18.6. The summed E-state index contributed by atoms with van der Waals surface area (Å²) in [7, 11) is -2.48. The van der Waals surface area contributed by atoms with Gasteiger partial charge in [-0.3, -0.25) is 9.59 Å². The first-order chi connectivity index (χ1) is 25.1. The molecule has 0 aromatic heterocycles. The molecule has 0 radical (unpaired) electrons. The van der Waals surface area contributed by atoms with E-state index in [1.54, 1.807) is 12.1 Å². The number of fused-ring (bicyclic) bond motifs is 1. The maximum atomic E-state index is 14.2. The minimum Gasteiger partial charge on any atom is -0.407 e. The standard InChI is InChI=1S/C43H59NO8Si/c1-8-10-12-13-14-17-20-29-24-35-42(27-36(46)44-30-21-18-15-19-22-30)26-32-37(40(48)51-39(32)47)38(43(35,49)50-28-42)31(29)25-34(33(45)23-16-11-9-2)52-53(6,7)41(3,4)5/h8-11,15,18-19,21-22,24,29,31,34,38,49H,12-14,16-17,20,23,25-28H2,1-7H3,(H,44,46)/b10-8+,11-9+/t29-,31+,34+,38+,42-,43+/m1/s1. The SMILES string of the molecule is C/C=C/CCCCC[C@@H]1C=C2[C@]3(CC(=O)Nc4ccccc4)CO[C@]2(O)[C@H](C2=C(C3)C(=O)OC2=O)[C@H]1C[C@H](O[Si](C)(C)C(C)(C)C)C(=O)CC/C=C/C. The van der Waals surface area contributed by atoms with Crippen LogP contribution in [0.5, 0.6) is 0 Å². The number of unbranched alkanes of at least 4 members (excludes halogenated alkanes) is 3. The highest BCUT2D eigenvalue weighted by atomic mass is 28.4. The number of cyclic esters (lactones) is 2. The second-order valence-electron chi connectivity index (χ2n) is 16.9. The molecule has 1 saturated heterocycles. The maximum absolute atomic E-state index is 14.2. The average Bonchev–Trinajstić information content (AvgIpc) is 3.50. The Labute approximate surface area is 316 Å². The molecule has 2 N–H and O–H groups in total. The monoisotopic (exact) mass is 745 g/mol. The summed E-state index contributed by atoms with van der Waals surface area (Å²) in [5, 5.41) is 15.6. The van der Waals surface area contributed by atoms with Gasteiger partial charge in [0.25, 0.3) is 0 Å². The van der Waals surface area contributed by atoms with Gasteiger partial charge in [0, 0.05) is 29.5 Å². The topological polar surface area (TPSA) is 128 Å². The zero-order valence-corrected chi connectivity index (χ0v) is 33.7. The number of nitrogens with one attached hydrogen (secondary N) is 1. The number of anilines is 1. The van der Waals surface area contributed by atoms with Crippen molar-refractivity contribution in [1.82, 2.24) is 0 Å². The van der Waals surface area contributed by atoms with Crippen molar-refractivity contribution < 1.29 is 38.2 Å². The number of aliphatic hydroxyl groups is 1. The molecule has 10 heteroatoms. The number of amides is 1. The van der Waals surface area contributed by atoms with E-state index in [9.17, 15) is 24.3 Å². The summed E-state index contributed by atoms with van der Waals surface area (Å²) in [6, 6.07) is 9.13. The van der Waals surface area contributed by atoms with Crippen LogP contribution in [0.1, 0.15) is 98.8 Å². The maximum Gasteiger partial charge on any atom is 0.342 e. The van der Waals surface area contributed by atoms with Crippen LogP contribution in [0.25, 0.3) is 0 Å². The van der Waals surface area contributed by atoms with E-state index >= 15 is 0 Å². The van der Waals surface area contributed by atoms with Crippen LogP contribution in [0, 0.1) is 23.2 Å². The summed E-state index contributed by atoms with van der Waals surface area (Å²) in [6.07, 6.45) is 15.1. The molecule has 6 atom stereocenters. The quantitative estimate of drug-likeness (QED) is 0.0534. The van der Waals surface area contributed by atoms with Crippen molar-refractivity contribution in [3.05, 3.63) is 77.4 Å². The molecule has 4 aliphatic rings. The molecule has 1 fully saturated rings. The molecule has 1 amide bonds. The molecular formula is C43H59NO8Si. The van der Waals surface area contributed by atoms with E-state index in [0.29, 0.717) is 24.1 Å². The van der Waals surface area contributed by atoms with Crippen LogP contribution >= 0.6 is 0 Å². The Morgan fingerprint density at radius 3 is 2.42 bits per heavy atom. The first-order valence-electron chi connectivity index (χ1n) is 19.4. The zero-order chi connectivity index (χ0) is 38.6. The summed E-state index contributed by atoms with van der Waals surface area (Å²) in [5.41, 5.74) is 0.399. The molecule has 5 rings (SSSR count). The highest BCUT2D eigenvalue weighted by molar-refractivity contribution is 6.74. The molecule has 4 bridgehead atoms. The molecule has 9 nitrogen and oxygen atoms in total. The predicted molar refractivity (Wildman–Crippen MR) is 208 cm³/mol. The smallest absolute Gasteiger partial charge is 0.342 e. The number of benzene rings is 1. The predicted octanol–water partition coefficient (Wildman–Crippen LogP) is 8.53. The fraction of sp³-hybridized carbons (Fsp3) is 0.581. The average molecular weight is 746 g/mol. The van der Waals surface area contributed by atoms with E-state index in [4.69, 9.17) is 13.9 Å². The zero-order valence-electron chi connectivity index (χ0n) is 32.7. The van der Waals surface area contributed by atoms with E-state index in [0.717, 1.165) is 32.1 Å². The van der Waals surface area contributed by atoms with Crippen LogP contribution in [0.2, 0.25) is 18.1 Å². The normalized spacial score (nSPS) is 27.5. The van der Waals surface area contributed by atoms with Crippen LogP contribution < -0.4 is 5.32 Å². The summed E-state index contributed by atoms with van der Waals surface area (Å²) in [6.45, 7) is 14.6. The molecule has 0 unspecified atom stereocenters.